The Hall–Kier alpha value is -1.95. The van der Waals surface area contributed by atoms with Crippen molar-refractivity contribution in [2.24, 2.45) is 5.10 Å². The minimum atomic E-state index is -0.423. The van der Waals surface area contributed by atoms with Crippen molar-refractivity contribution in [3.63, 3.8) is 0 Å². The van der Waals surface area contributed by atoms with Gasteiger partial charge in [-0.1, -0.05) is 46.9 Å². The van der Waals surface area contributed by atoms with Crippen LogP contribution in [0.4, 0.5) is 5.69 Å². The van der Waals surface area contributed by atoms with Crippen LogP contribution >= 0.6 is 34.8 Å². The quantitative estimate of drug-likeness (QED) is 0.365. The molecule has 0 radical (unpaired) electrons. The van der Waals surface area contributed by atoms with Gasteiger partial charge in [-0.2, -0.15) is 5.10 Å². The first-order chi connectivity index (χ1) is 12.9. The number of amides is 1. The minimum Gasteiger partial charge on any atom is -0.482 e. The molecular formula is C19H20Cl3N3O2. The molecule has 0 aromatic heterocycles. The molecule has 27 heavy (non-hydrogen) atoms. The molecule has 0 spiro atoms. The molecule has 2 rings (SSSR count). The SMILES string of the molecule is CCN(CC)c1ccc(/C=N/NC(=O)COc2cc(Cl)c(Cl)cc2Cl)cc1. The first-order valence-corrected chi connectivity index (χ1v) is 9.52. The van der Waals surface area contributed by atoms with Crippen molar-refractivity contribution in [2.45, 2.75) is 13.8 Å². The summed E-state index contributed by atoms with van der Waals surface area (Å²) >= 11 is 17.7. The molecule has 1 N–H and O–H groups in total. The second kappa shape index (κ2) is 10.4. The van der Waals surface area contributed by atoms with E-state index in [-0.39, 0.29) is 17.4 Å². The third kappa shape index (κ3) is 6.31. The van der Waals surface area contributed by atoms with Crippen molar-refractivity contribution in [3.8, 4) is 5.75 Å². The number of hydrogen-bond acceptors (Lipinski definition) is 4. The van der Waals surface area contributed by atoms with Crippen LogP contribution < -0.4 is 15.1 Å². The Morgan fingerprint density at radius 3 is 2.33 bits per heavy atom. The highest BCUT2D eigenvalue weighted by Gasteiger charge is 2.09. The van der Waals surface area contributed by atoms with Gasteiger partial charge in [-0.15, -0.1) is 0 Å². The van der Waals surface area contributed by atoms with E-state index in [1.807, 2.05) is 24.3 Å². The molecule has 0 saturated carbocycles. The largest absolute Gasteiger partial charge is 0.482 e. The molecule has 0 heterocycles. The number of hydrazone groups is 1. The third-order valence-electron chi connectivity index (χ3n) is 3.76. The Morgan fingerprint density at radius 1 is 1.07 bits per heavy atom. The molecule has 0 unspecified atom stereocenters. The zero-order valence-corrected chi connectivity index (χ0v) is 17.3. The van der Waals surface area contributed by atoms with Gasteiger partial charge in [-0.25, -0.2) is 5.43 Å². The smallest absolute Gasteiger partial charge is 0.277 e. The van der Waals surface area contributed by atoms with Gasteiger partial charge in [-0.05, 0) is 37.6 Å². The molecular weight excluding hydrogens is 409 g/mol. The summed E-state index contributed by atoms with van der Waals surface area (Å²) in [5.41, 5.74) is 4.42. The fourth-order valence-corrected chi connectivity index (χ4v) is 2.92. The molecule has 1 amide bonds. The molecule has 0 saturated heterocycles. The predicted octanol–water partition coefficient (Wildman–Crippen LogP) is 5.02. The summed E-state index contributed by atoms with van der Waals surface area (Å²) < 4.78 is 5.34. The van der Waals surface area contributed by atoms with Gasteiger partial charge in [0.1, 0.15) is 5.75 Å². The summed E-state index contributed by atoms with van der Waals surface area (Å²) in [4.78, 5) is 14.1. The summed E-state index contributed by atoms with van der Waals surface area (Å²) in [6.07, 6.45) is 1.57. The lowest BCUT2D eigenvalue weighted by Crippen LogP contribution is -2.24. The van der Waals surface area contributed by atoms with Crippen molar-refractivity contribution in [2.75, 3.05) is 24.6 Å². The van der Waals surface area contributed by atoms with Crippen LogP contribution in [0.3, 0.4) is 0 Å². The number of benzene rings is 2. The number of nitrogens with zero attached hydrogens (tertiary/aromatic N) is 2. The highest BCUT2D eigenvalue weighted by molar-refractivity contribution is 6.43. The molecule has 2 aromatic carbocycles. The zero-order valence-electron chi connectivity index (χ0n) is 15.0. The molecule has 8 heteroatoms. The van der Waals surface area contributed by atoms with Crippen molar-refractivity contribution in [3.05, 3.63) is 57.0 Å². The van der Waals surface area contributed by atoms with Crippen LogP contribution in [0.5, 0.6) is 5.75 Å². The lowest BCUT2D eigenvalue weighted by atomic mass is 10.2. The summed E-state index contributed by atoms with van der Waals surface area (Å²) in [5, 5.41) is 4.81. The van der Waals surface area contributed by atoms with Gasteiger partial charge < -0.3 is 9.64 Å². The maximum Gasteiger partial charge on any atom is 0.277 e. The number of carbonyl (C=O) groups excluding carboxylic acids is 1. The monoisotopic (exact) mass is 427 g/mol. The summed E-state index contributed by atoms with van der Waals surface area (Å²) in [6, 6.07) is 10.8. The number of anilines is 1. The second-order valence-electron chi connectivity index (χ2n) is 5.54. The highest BCUT2D eigenvalue weighted by atomic mass is 35.5. The summed E-state index contributed by atoms with van der Waals surface area (Å²) in [5.74, 6) is -0.148. The Morgan fingerprint density at radius 2 is 1.70 bits per heavy atom. The van der Waals surface area contributed by atoms with Crippen LogP contribution in [0.1, 0.15) is 19.4 Å². The van der Waals surface area contributed by atoms with E-state index in [4.69, 9.17) is 39.5 Å². The van der Waals surface area contributed by atoms with E-state index in [9.17, 15) is 4.79 Å². The molecule has 0 aliphatic heterocycles. The van der Waals surface area contributed by atoms with Crippen LogP contribution in [-0.4, -0.2) is 31.8 Å². The van der Waals surface area contributed by atoms with E-state index >= 15 is 0 Å². The van der Waals surface area contributed by atoms with Gasteiger partial charge in [0.25, 0.3) is 5.91 Å². The molecule has 0 atom stereocenters. The summed E-state index contributed by atoms with van der Waals surface area (Å²) in [6.45, 7) is 5.87. The Balaban J connectivity index is 1.85. The maximum absolute atomic E-state index is 11.8. The van der Waals surface area contributed by atoms with Crippen molar-refractivity contribution < 1.29 is 9.53 Å². The van der Waals surface area contributed by atoms with Gasteiger partial charge >= 0.3 is 0 Å². The Labute approximate surface area is 173 Å². The maximum atomic E-state index is 11.8. The lowest BCUT2D eigenvalue weighted by Gasteiger charge is -2.20. The number of rotatable bonds is 8. The van der Waals surface area contributed by atoms with E-state index in [0.29, 0.717) is 10.0 Å². The molecule has 0 aliphatic rings. The van der Waals surface area contributed by atoms with Crippen molar-refractivity contribution in [1.82, 2.24) is 5.43 Å². The number of halogens is 3. The topological polar surface area (TPSA) is 53.9 Å². The van der Waals surface area contributed by atoms with E-state index in [0.717, 1.165) is 24.3 Å². The molecule has 0 fully saturated rings. The van der Waals surface area contributed by atoms with E-state index in [1.165, 1.54) is 12.1 Å². The number of nitrogens with one attached hydrogen (secondary N) is 1. The number of ether oxygens (including phenoxy) is 1. The first-order valence-electron chi connectivity index (χ1n) is 8.38. The third-order valence-corrected chi connectivity index (χ3v) is 4.78. The minimum absolute atomic E-state index is 0.254. The first kappa shape index (κ1) is 21.4. The molecule has 2 aromatic rings. The van der Waals surface area contributed by atoms with Crippen LogP contribution in [0.2, 0.25) is 15.1 Å². The molecule has 144 valence electrons. The van der Waals surface area contributed by atoms with Crippen LogP contribution in [-0.2, 0) is 4.79 Å². The highest BCUT2D eigenvalue weighted by Crippen LogP contribution is 2.33. The van der Waals surface area contributed by atoms with Crippen LogP contribution in [0, 0.1) is 0 Å². The van der Waals surface area contributed by atoms with Crippen LogP contribution in [0.15, 0.2) is 41.5 Å². The molecule has 0 bridgehead atoms. The van der Waals surface area contributed by atoms with E-state index in [1.54, 1.807) is 6.21 Å². The van der Waals surface area contributed by atoms with Gasteiger partial charge in [0, 0.05) is 24.8 Å². The summed E-state index contributed by atoms with van der Waals surface area (Å²) in [7, 11) is 0. The second-order valence-corrected chi connectivity index (χ2v) is 6.76. The fourth-order valence-electron chi connectivity index (χ4n) is 2.33. The normalized spacial score (nSPS) is 10.9. The van der Waals surface area contributed by atoms with Gasteiger partial charge in [0.15, 0.2) is 6.61 Å². The molecule has 5 nitrogen and oxygen atoms in total. The number of carbonyl (C=O) groups is 1. The molecule has 0 aliphatic carbocycles. The zero-order chi connectivity index (χ0) is 19.8. The average Bonchev–Trinajstić information content (AvgIpc) is 2.66. The Kier molecular flexibility index (Phi) is 8.23. The van der Waals surface area contributed by atoms with E-state index < -0.39 is 5.91 Å². The lowest BCUT2D eigenvalue weighted by molar-refractivity contribution is -0.123. The van der Waals surface area contributed by atoms with E-state index in [2.05, 4.69) is 29.3 Å². The van der Waals surface area contributed by atoms with Gasteiger partial charge in [0.05, 0.1) is 21.3 Å². The van der Waals surface area contributed by atoms with Crippen LogP contribution in [0.25, 0.3) is 0 Å². The number of hydrogen-bond donors (Lipinski definition) is 1. The Bertz CT molecular complexity index is 807. The fraction of sp³-hybridized carbons (Fsp3) is 0.263. The average molecular weight is 429 g/mol. The van der Waals surface area contributed by atoms with Crippen molar-refractivity contribution in [1.29, 1.82) is 0 Å². The van der Waals surface area contributed by atoms with Crippen molar-refractivity contribution >= 4 is 52.6 Å². The van der Waals surface area contributed by atoms with Gasteiger partial charge in [-0.3, -0.25) is 4.79 Å². The van der Waals surface area contributed by atoms with Gasteiger partial charge in [0.2, 0.25) is 0 Å². The predicted molar refractivity (Wildman–Crippen MR) is 113 cm³/mol. The standard InChI is InChI=1S/C19H20Cl3N3O2/c1-3-25(4-2)14-7-5-13(6-8-14)11-23-24-19(26)12-27-18-10-16(21)15(20)9-17(18)22/h5-11H,3-4,12H2,1-2H3,(H,24,26)/b23-11+.